The number of nitrogens with one attached hydrogen (secondary N) is 3. The highest BCUT2D eigenvalue weighted by Crippen LogP contribution is 2.22. The van der Waals surface area contributed by atoms with Crippen LogP contribution in [0.4, 0.5) is 11.4 Å². The van der Waals surface area contributed by atoms with Gasteiger partial charge in [0, 0.05) is 30.5 Å². The summed E-state index contributed by atoms with van der Waals surface area (Å²) in [5, 5.41) is 3.18. The van der Waals surface area contributed by atoms with Gasteiger partial charge >= 0.3 is 0 Å². The Bertz CT molecular complexity index is 667. The number of H-pyrrole nitrogens is 1. The number of rotatable bonds is 6. The first-order valence-corrected chi connectivity index (χ1v) is 7.55. The van der Waals surface area contributed by atoms with E-state index in [1.54, 1.807) is 24.7 Å². The van der Waals surface area contributed by atoms with Crippen LogP contribution in [0.25, 0.3) is 0 Å². The molecular formula is C12H17N5O2S. The second-order valence-electron chi connectivity index (χ2n) is 4.21. The van der Waals surface area contributed by atoms with E-state index >= 15 is 0 Å². The monoisotopic (exact) mass is 295 g/mol. The normalized spacial score (nSPS) is 11.4. The van der Waals surface area contributed by atoms with Crippen LogP contribution >= 0.6 is 0 Å². The molecule has 0 saturated heterocycles. The van der Waals surface area contributed by atoms with Gasteiger partial charge in [-0.05, 0) is 25.2 Å². The van der Waals surface area contributed by atoms with E-state index in [0.717, 1.165) is 17.8 Å². The lowest BCUT2D eigenvalue weighted by Gasteiger charge is -2.10. The summed E-state index contributed by atoms with van der Waals surface area (Å²) in [6, 6.07) is 4.78. The van der Waals surface area contributed by atoms with Gasteiger partial charge in [0.2, 0.25) is 10.0 Å². The van der Waals surface area contributed by atoms with E-state index < -0.39 is 10.0 Å². The van der Waals surface area contributed by atoms with E-state index in [1.165, 1.54) is 13.1 Å². The van der Waals surface area contributed by atoms with Crippen LogP contribution in [-0.4, -0.2) is 32.0 Å². The first-order chi connectivity index (χ1) is 9.53. The van der Waals surface area contributed by atoms with Crippen molar-refractivity contribution in [1.29, 1.82) is 0 Å². The molecule has 0 amide bonds. The fourth-order valence-corrected chi connectivity index (χ4v) is 2.61. The first-order valence-electron chi connectivity index (χ1n) is 6.07. The zero-order chi connectivity index (χ0) is 14.6. The van der Waals surface area contributed by atoms with Crippen molar-refractivity contribution in [3.05, 3.63) is 36.4 Å². The summed E-state index contributed by atoms with van der Waals surface area (Å²) < 4.78 is 25.6. The molecule has 8 heteroatoms. The van der Waals surface area contributed by atoms with Crippen LogP contribution in [0.5, 0.6) is 0 Å². The zero-order valence-corrected chi connectivity index (χ0v) is 11.9. The molecule has 1 heterocycles. The maximum atomic E-state index is 11.7. The summed E-state index contributed by atoms with van der Waals surface area (Å²) in [4.78, 5) is 7.02. The van der Waals surface area contributed by atoms with Crippen molar-refractivity contribution in [2.45, 2.75) is 11.3 Å². The van der Waals surface area contributed by atoms with Gasteiger partial charge in [-0.3, -0.25) is 0 Å². The van der Waals surface area contributed by atoms with Crippen molar-refractivity contribution in [1.82, 2.24) is 14.7 Å². The number of anilines is 2. The van der Waals surface area contributed by atoms with Crippen molar-refractivity contribution in [3.8, 4) is 0 Å². The van der Waals surface area contributed by atoms with Gasteiger partial charge in [-0.25, -0.2) is 18.1 Å². The minimum atomic E-state index is -3.52. The molecular weight excluding hydrogens is 278 g/mol. The molecule has 2 aromatic rings. The number of nitrogen functional groups attached to an aromatic ring is 1. The summed E-state index contributed by atoms with van der Waals surface area (Å²) in [6.07, 6.45) is 4.18. The predicted octanol–water partition coefficient (Wildman–Crippen LogP) is 0.555. The molecule has 0 saturated carbocycles. The van der Waals surface area contributed by atoms with E-state index in [2.05, 4.69) is 20.0 Å². The van der Waals surface area contributed by atoms with Gasteiger partial charge in [0.25, 0.3) is 0 Å². The predicted molar refractivity (Wildman–Crippen MR) is 77.9 cm³/mol. The molecule has 0 aliphatic rings. The fourth-order valence-electron chi connectivity index (χ4n) is 1.78. The molecule has 0 fully saturated rings. The van der Waals surface area contributed by atoms with Gasteiger partial charge < -0.3 is 16.0 Å². The highest BCUT2D eigenvalue weighted by Gasteiger charge is 2.15. The molecule has 0 radical (unpaired) electrons. The summed E-state index contributed by atoms with van der Waals surface area (Å²) in [6.45, 7) is 0.694. The third kappa shape index (κ3) is 3.28. The molecule has 0 aliphatic carbocycles. The second-order valence-corrected chi connectivity index (χ2v) is 6.07. The number of aromatic amines is 1. The molecule has 1 aromatic carbocycles. The maximum absolute atomic E-state index is 11.7. The van der Waals surface area contributed by atoms with Crippen molar-refractivity contribution in [3.63, 3.8) is 0 Å². The van der Waals surface area contributed by atoms with E-state index in [-0.39, 0.29) is 10.6 Å². The topological polar surface area (TPSA) is 113 Å². The Morgan fingerprint density at radius 2 is 2.20 bits per heavy atom. The Balaban J connectivity index is 2.02. The second kappa shape index (κ2) is 5.93. The molecule has 0 aliphatic heterocycles. The fraction of sp³-hybridized carbons (Fsp3) is 0.250. The molecule has 5 N–H and O–H groups in total. The van der Waals surface area contributed by atoms with Gasteiger partial charge in [0.05, 0.1) is 12.0 Å². The largest absolute Gasteiger partial charge is 0.398 e. The van der Waals surface area contributed by atoms with Crippen LogP contribution in [0.2, 0.25) is 0 Å². The Hall–Kier alpha value is -2.06. The molecule has 0 unspecified atom stereocenters. The number of hydrogen-bond acceptors (Lipinski definition) is 5. The van der Waals surface area contributed by atoms with Crippen LogP contribution in [0.3, 0.4) is 0 Å². The van der Waals surface area contributed by atoms with Gasteiger partial charge in [-0.2, -0.15) is 0 Å². The molecule has 0 spiro atoms. The lowest BCUT2D eigenvalue weighted by atomic mass is 10.2. The lowest BCUT2D eigenvalue weighted by molar-refractivity contribution is 0.588. The van der Waals surface area contributed by atoms with Crippen molar-refractivity contribution < 1.29 is 8.42 Å². The number of aromatic nitrogens is 2. The number of nitrogens with zero attached hydrogens (tertiary/aromatic N) is 1. The third-order valence-electron chi connectivity index (χ3n) is 2.85. The molecule has 0 bridgehead atoms. The minimum absolute atomic E-state index is 0.0825. The van der Waals surface area contributed by atoms with Gasteiger partial charge in [0.1, 0.15) is 4.90 Å². The Labute approximate surface area is 117 Å². The quantitative estimate of drug-likeness (QED) is 0.581. The summed E-state index contributed by atoms with van der Waals surface area (Å²) in [7, 11) is -2.17. The molecule has 0 atom stereocenters. The number of benzene rings is 1. The zero-order valence-electron chi connectivity index (χ0n) is 11.1. The molecule has 108 valence electrons. The Morgan fingerprint density at radius 1 is 1.40 bits per heavy atom. The smallest absolute Gasteiger partial charge is 0.242 e. The summed E-state index contributed by atoms with van der Waals surface area (Å²) in [5.74, 6) is 0. The average molecular weight is 295 g/mol. The van der Waals surface area contributed by atoms with E-state index in [9.17, 15) is 8.42 Å². The molecule has 2 rings (SSSR count). The van der Waals surface area contributed by atoms with Crippen molar-refractivity contribution in [2.24, 2.45) is 0 Å². The van der Waals surface area contributed by atoms with Crippen molar-refractivity contribution in [2.75, 3.05) is 24.6 Å². The minimum Gasteiger partial charge on any atom is -0.398 e. The van der Waals surface area contributed by atoms with Crippen molar-refractivity contribution >= 4 is 21.4 Å². The number of nitrogens with two attached hydrogens (primary N) is 1. The van der Waals surface area contributed by atoms with Gasteiger partial charge in [-0.1, -0.05) is 0 Å². The first kappa shape index (κ1) is 14.4. The molecule has 7 nitrogen and oxygen atoms in total. The maximum Gasteiger partial charge on any atom is 0.242 e. The highest BCUT2D eigenvalue weighted by molar-refractivity contribution is 7.89. The SMILES string of the molecule is CNS(=O)(=O)c1ccc(NCCc2cnc[nH]2)cc1N. The molecule has 1 aromatic heterocycles. The van der Waals surface area contributed by atoms with Gasteiger partial charge in [-0.15, -0.1) is 0 Å². The lowest BCUT2D eigenvalue weighted by Crippen LogP contribution is -2.20. The summed E-state index contributed by atoms with van der Waals surface area (Å²) in [5.41, 5.74) is 7.79. The number of imidazole rings is 1. The van der Waals surface area contributed by atoms with Crippen LogP contribution in [0.15, 0.2) is 35.6 Å². The Kier molecular flexibility index (Phi) is 4.26. The van der Waals surface area contributed by atoms with E-state index in [0.29, 0.717) is 6.54 Å². The van der Waals surface area contributed by atoms with Crippen LogP contribution in [0.1, 0.15) is 5.69 Å². The highest BCUT2D eigenvalue weighted by atomic mass is 32.2. The average Bonchev–Trinajstić information content (AvgIpc) is 2.92. The third-order valence-corrected chi connectivity index (χ3v) is 4.33. The van der Waals surface area contributed by atoms with Crippen LogP contribution < -0.4 is 15.8 Å². The summed E-state index contributed by atoms with van der Waals surface area (Å²) >= 11 is 0. The number of sulfonamides is 1. The van der Waals surface area contributed by atoms with Crippen LogP contribution in [0, 0.1) is 0 Å². The van der Waals surface area contributed by atoms with E-state index in [4.69, 9.17) is 5.73 Å². The van der Waals surface area contributed by atoms with Gasteiger partial charge in [0.15, 0.2) is 0 Å². The standard InChI is InChI=1S/C12H17N5O2S/c1-14-20(18,19)12-3-2-9(6-11(12)13)16-5-4-10-7-15-8-17-10/h2-3,6-8,14,16H,4-5,13H2,1H3,(H,15,17). The number of hydrogen-bond donors (Lipinski definition) is 4. The van der Waals surface area contributed by atoms with Crippen LogP contribution in [-0.2, 0) is 16.4 Å². The Morgan fingerprint density at radius 3 is 2.80 bits per heavy atom. The molecule has 20 heavy (non-hydrogen) atoms. The van der Waals surface area contributed by atoms with E-state index in [1.807, 2.05) is 0 Å².